The van der Waals surface area contributed by atoms with Gasteiger partial charge in [0.1, 0.15) is 18.0 Å². The van der Waals surface area contributed by atoms with E-state index in [1.54, 1.807) is 0 Å². The molecule has 2 amide bonds. The number of aromatic hydroxyl groups is 2. The lowest BCUT2D eigenvalue weighted by Crippen LogP contribution is -2.35. The highest BCUT2D eigenvalue weighted by atomic mass is 16.4. The predicted molar refractivity (Wildman–Crippen MR) is 65.9 cm³/mol. The summed E-state index contributed by atoms with van der Waals surface area (Å²) in [5, 5.41) is 27.5. The van der Waals surface area contributed by atoms with Crippen molar-refractivity contribution in [3.63, 3.8) is 0 Å². The van der Waals surface area contributed by atoms with E-state index >= 15 is 0 Å². The Morgan fingerprint density at radius 2 is 2.00 bits per heavy atom. The van der Waals surface area contributed by atoms with Crippen molar-refractivity contribution in [3.05, 3.63) is 23.8 Å². The molecule has 0 aliphatic carbocycles. The van der Waals surface area contributed by atoms with E-state index in [2.05, 4.69) is 0 Å². The lowest BCUT2D eigenvalue weighted by molar-refractivity contribution is -0.149. The van der Waals surface area contributed by atoms with E-state index in [1.807, 2.05) is 0 Å². The molecule has 2 rings (SSSR count). The standard InChI is InChI=1S/C13H13NO6/c15-9-2-1-7(10(16)5-9)3-8-4-11(17)14(13(8)20)6-12(18)19/h1-2,5,8,15-16H,3-4,6H2,(H,18,19). The normalized spacial score (nSPS) is 18.6. The summed E-state index contributed by atoms with van der Waals surface area (Å²) in [6.45, 7) is -0.643. The number of aliphatic carboxylic acids is 1. The van der Waals surface area contributed by atoms with Crippen LogP contribution in [0.5, 0.6) is 11.5 Å². The van der Waals surface area contributed by atoms with Crippen molar-refractivity contribution in [2.75, 3.05) is 6.54 Å². The Kier molecular flexibility index (Phi) is 3.60. The Labute approximate surface area is 114 Å². The highest BCUT2D eigenvalue weighted by molar-refractivity contribution is 6.05. The van der Waals surface area contributed by atoms with E-state index in [-0.39, 0.29) is 24.3 Å². The molecule has 0 spiro atoms. The number of rotatable bonds is 4. The van der Waals surface area contributed by atoms with Crippen LogP contribution >= 0.6 is 0 Å². The molecule has 1 atom stereocenters. The van der Waals surface area contributed by atoms with Crippen LogP contribution in [0.4, 0.5) is 0 Å². The summed E-state index contributed by atoms with van der Waals surface area (Å²) in [6.07, 6.45) is 0.0409. The summed E-state index contributed by atoms with van der Waals surface area (Å²) >= 11 is 0. The molecule has 1 aliphatic heterocycles. The number of nitrogens with zero attached hydrogens (tertiary/aromatic N) is 1. The van der Waals surface area contributed by atoms with Gasteiger partial charge in [0.25, 0.3) is 0 Å². The number of carboxylic acid groups (broad SMARTS) is 1. The summed E-state index contributed by atoms with van der Waals surface area (Å²) in [7, 11) is 0. The van der Waals surface area contributed by atoms with Gasteiger partial charge < -0.3 is 15.3 Å². The van der Waals surface area contributed by atoms with Gasteiger partial charge in [-0.25, -0.2) is 0 Å². The molecule has 106 valence electrons. The van der Waals surface area contributed by atoms with Gasteiger partial charge in [0.2, 0.25) is 11.8 Å². The summed E-state index contributed by atoms with van der Waals surface area (Å²) in [6, 6.07) is 3.97. The highest BCUT2D eigenvalue weighted by Crippen LogP contribution is 2.29. The number of imide groups is 1. The molecule has 3 N–H and O–H groups in total. The molecule has 20 heavy (non-hydrogen) atoms. The fourth-order valence-corrected chi connectivity index (χ4v) is 2.20. The molecular weight excluding hydrogens is 266 g/mol. The Balaban J connectivity index is 2.13. The number of phenolic OH excluding ortho intramolecular Hbond substituents is 2. The molecule has 0 bridgehead atoms. The topological polar surface area (TPSA) is 115 Å². The molecule has 0 saturated carbocycles. The quantitative estimate of drug-likeness (QED) is 0.673. The van der Waals surface area contributed by atoms with Gasteiger partial charge in [-0.1, -0.05) is 6.07 Å². The number of likely N-dealkylation sites (tertiary alicyclic amines) is 1. The second-order valence-electron chi connectivity index (χ2n) is 4.63. The first-order valence-electron chi connectivity index (χ1n) is 5.95. The fourth-order valence-electron chi connectivity index (χ4n) is 2.20. The van der Waals surface area contributed by atoms with E-state index in [0.29, 0.717) is 10.5 Å². The summed E-state index contributed by atoms with van der Waals surface area (Å²) < 4.78 is 0. The minimum absolute atomic E-state index is 0.0770. The maximum atomic E-state index is 11.9. The number of hydrogen-bond donors (Lipinski definition) is 3. The van der Waals surface area contributed by atoms with Gasteiger partial charge in [-0.05, 0) is 18.1 Å². The third kappa shape index (κ3) is 2.71. The van der Waals surface area contributed by atoms with Crippen LogP contribution in [-0.2, 0) is 20.8 Å². The van der Waals surface area contributed by atoms with Crippen LogP contribution in [-0.4, -0.2) is 44.5 Å². The Morgan fingerprint density at radius 1 is 1.30 bits per heavy atom. The molecule has 1 fully saturated rings. The predicted octanol–water partition coefficient (Wildman–Crippen LogP) is 0.100. The number of carboxylic acids is 1. The SMILES string of the molecule is O=C(O)CN1C(=O)CC(Cc2ccc(O)cc2O)C1=O. The third-order valence-corrected chi connectivity index (χ3v) is 3.17. The first-order valence-corrected chi connectivity index (χ1v) is 5.95. The van der Waals surface area contributed by atoms with Crippen LogP contribution in [0, 0.1) is 5.92 Å². The van der Waals surface area contributed by atoms with Crippen LogP contribution < -0.4 is 0 Å². The van der Waals surface area contributed by atoms with Gasteiger partial charge >= 0.3 is 5.97 Å². The Hall–Kier alpha value is -2.57. The van der Waals surface area contributed by atoms with E-state index in [0.717, 1.165) is 6.07 Å². The molecule has 0 aromatic heterocycles. The number of amides is 2. The smallest absolute Gasteiger partial charge is 0.323 e. The minimum atomic E-state index is -1.25. The first-order chi connectivity index (χ1) is 9.38. The molecule has 0 radical (unpaired) electrons. The molecule has 1 aliphatic rings. The molecule has 7 heteroatoms. The van der Waals surface area contributed by atoms with Crippen LogP contribution in [0.1, 0.15) is 12.0 Å². The zero-order valence-corrected chi connectivity index (χ0v) is 10.4. The van der Waals surface area contributed by atoms with Crippen LogP contribution in [0.3, 0.4) is 0 Å². The zero-order valence-electron chi connectivity index (χ0n) is 10.4. The van der Waals surface area contributed by atoms with Gasteiger partial charge in [0.15, 0.2) is 0 Å². The monoisotopic (exact) mass is 279 g/mol. The van der Waals surface area contributed by atoms with Crippen LogP contribution in [0.15, 0.2) is 18.2 Å². The number of carbonyl (C=O) groups excluding carboxylic acids is 2. The largest absolute Gasteiger partial charge is 0.508 e. The number of phenols is 2. The lowest BCUT2D eigenvalue weighted by Gasteiger charge is -2.12. The molecular formula is C13H13NO6. The molecule has 1 heterocycles. The average Bonchev–Trinajstić information content (AvgIpc) is 2.60. The van der Waals surface area contributed by atoms with Crippen LogP contribution in [0.25, 0.3) is 0 Å². The number of hydrogen-bond acceptors (Lipinski definition) is 5. The summed E-state index contributed by atoms with van der Waals surface area (Å²) in [4.78, 5) is 34.8. The number of carbonyl (C=O) groups is 3. The second-order valence-corrected chi connectivity index (χ2v) is 4.63. The van der Waals surface area contributed by atoms with Gasteiger partial charge in [-0.15, -0.1) is 0 Å². The zero-order chi connectivity index (χ0) is 14.9. The molecule has 7 nitrogen and oxygen atoms in total. The second kappa shape index (κ2) is 5.20. The maximum Gasteiger partial charge on any atom is 0.323 e. The molecule has 1 saturated heterocycles. The third-order valence-electron chi connectivity index (χ3n) is 3.17. The van der Waals surface area contributed by atoms with Crippen molar-refractivity contribution in [1.29, 1.82) is 0 Å². The Morgan fingerprint density at radius 3 is 2.60 bits per heavy atom. The van der Waals surface area contributed by atoms with E-state index in [9.17, 15) is 24.6 Å². The summed E-state index contributed by atoms with van der Waals surface area (Å²) in [5.74, 6) is -3.28. The van der Waals surface area contributed by atoms with Crippen molar-refractivity contribution in [2.24, 2.45) is 5.92 Å². The van der Waals surface area contributed by atoms with E-state index in [1.165, 1.54) is 12.1 Å². The molecule has 1 aromatic carbocycles. The molecule has 1 aromatic rings. The van der Waals surface area contributed by atoms with E-state index in [4.69, 9.17) is 5.11 Å². The average molecular weight is 279 g/mol. The first kappa shape index (κ1) is 13.9. The van der Waals surface area contributed by atoms with Crippen molar-refractivity contribution >= 4 is 17.8 Å². The van der Waals surface area contributed by atoms with Crippen LogP contribution in [0.2, 0.25) is 0 Å². The van der Waals surface area contributed by atoms with Crippen molar-refractivity contribution < 1.29 is 29.7 Å². The number of benzene rings is 1. The maximum absolute atomic E-state index is 11.9. The van der Waals surface area contributed by atoms with Gasteiger partial charge in [0.05, 0.1) is 5.92 Å². The summed E-state index contributed by atoms with van der Waals surface area (Å²) in [5.41, 5.74) is 0.422. The van der Waals surface area contributed by atoms with Crippen molar-refractivity contribution in [2.45, 2.75) is 12.8 Å². The fraction of sp³-hybridized carbons (Fsp3) is 0.308. The Bertz CT molecular complexity index is 582. The minimum Gasteiger partial charge on any atom is -0.508 e. The van der Waals surface area contributed by atoms with E-state index < -0.39 is 30.2 Å². The van der Waals surface area contributed by atoms with Crippen molar-refractivity contribution in [3.8, 4) is 11.5 Å². The van der Waals surface area contributed by atoms with Gasteiger partial charge in [-0.2, -0.15) is 0 Å². The van der Waals surface area contributed by atoms with Crippen molar-refractivity contribution in [1.82, 2.24) is 4.90 Å². The van der Waals surface area contributed by atoms with Gasteiger partial charge in [0, 0.05) is 12.5 Å². The van der Waals surface area contributed by atoms with Gasteiger partial charge in [-0.3, -0.25) is 19.3 Å². The highest BCUT2D eigenvalue weighted by Gasteiger charge is 2.39. The lowest BCUT2D eigenvalue weighted by atomic mass is 9.97. The molecule has 1 unspecified atom stereocenters.